The van der Waals surface area contributed by atoms with Crippen LogP contribution in [0.25, 0.3) is 0 Å². The van der Waals surface area contributed by atoms with E-state index in [2.05, 4.69) is 0 Å². The number of hydrogen-bond donors (Lipinski definition) is 1. The summed E-state index contributed by atoms with van der Waals surface area (Å²) >= 11 is 0. The average Bonchev–Trinajstić information content (AvgIpc) is 2.89. The van der Waals surface area contributed by atoms with E-state index in [0.717, 1.165) is 12.0 Å². The van der Waals surface area contributed by atoms with Gasteiger partial charge in [0.1, 0.15) is 23.2 Å². The Bertz CT molecular complexity index is 861. The van der Waals surface area contributed by atoms with Gasteiger partial charge < -0.3 is 14.6 Å². The van der Waals surface area contributed by atoms with Crippen LogP contribution >= 0.6 is 0 Å². The Hall–Kier alpha value is -2.21. The van der Waals surface area contributed by atoms with Crippen LogP contribution in [-0.2, 0) is 31.1 Å². The number of carbonyl (C=O) groups excluding carboxylic acids is 3. The molecule has 0 unspecified atom stereocenters. The lowest BCUT2D eigenvalue weighted by Gasteiger charge is -2.56. The highest BCUT2D eigenvalue weighted by Crippen LogP contribution is 2.62. The number of Topliss-reactive ketones (excluding diaryl/α,β-unsaturated/α-hetero) is 1. The van der Waals surface area contributed by atoms with Crippen molar-refractivity contribution in [1.82, 2.24) is 0 Å². The highest BCUT2D eigenvalue weighted by Gasteiger charge is 2.65. The van der Waals surface area contributed by atoms with Crippen LogP contribution in [-0.4, -0.2) is 28.9 Å². The number of fused-ring (bicyclic) bond motifs is 5. The molecule has 0 heterocycles. The van der Waals surface area contributed by atoms with Gasteiger partial charge in [-0.3, -0.25) is 14.4 Å². The van der Waals surface area contributed by atoms with Crippen LogP contribution < -0.4 is 4.74 Å². The summed E-state index contributed by atoms with van der Waals surface area (Å²) in [6.45, 7) is 4.64. The van der Waals surface area contributed by atoms with E-state index in [1.807, 2.05) is 6.92 Å². The summed E-state index contributed by atoms with van der Waals surface area (Å²) in [7, 11) is 0. The van der Waals surface area contributed by atoms with E-state index in [4.69, 9.17) is 9.47 Å². The lowest BCUT2D eigenvalue weighted by Crippen LogP contribution is -2.60. The van der Waals surface area contributed by atoms with E-state index in [0.29, 0.717) is 37.0 Å². The van der Waals surface area contributed by atoms with Crippen molar-refractivity contribution < 1.29 is 29.0 Å². The first-order valence-electron chi connectivity index (χ1n) is 9.91. The van der Waals surface area contributed by atoms with Gasteiger partial charge in [-0.15, -0.1) is 0 Å². The van der Waals surface area contributed by atoms with Crippen LogP contribution in [0.2, 0.25) is 0 Å². The van der Waals surface area contributed by atoms with Crippen LogP contribution in [0, 0.1) is 17.3 Å². The van der Waals surface area contributed by atoms with Gasteiger partial charge in [-0.05, 0) is 54.4 Å². The molecule has 0 bridgehead atoms. The summed E-state index contributed by atoms with van der Waals surface area (Å²) in [5.74, 6) is -0.315. The fourth-order valence-electron chi connectivity index (χ4n) is 5.93. The second-order valence-electron chi connectivity index (χ2n) is 8.67. The molecule has 1 aromatic carbocycles. The van der Waals surface area contributed by atoms with E-state index in [-0.39, 0.29) is 17.6 Å². The minimum Gasteiger partial charge on any atom is -0.459 e. The molecule has 3 aliphatic carbocycles. The topological polar surface area (TPSA) is 89.9 Å². The maximum atomic E-state index is 12.7. The van der Waals surface area contributed by atoms with Gasteiger partial charge in [0, 0.05) is 32.1 Å². The fourth-order valence-corrected chi connectivity index (χ4v) is 5.93. The van der Waals surface area contributed by atoms with Gasteiger partial charge in [0.25, 0.3) is 0 Å². The number of ketones is 1. The van der Waals surface area contributed by atoms with Gasteiger partial charge in [-0.25, -0.2) is 0 Å². The summed E-state index contributed by atoms with van der Waals surface area (Å²) in [5, 5.41) is 12.0. The Balaban J connectivity index is 1.81. The Labute approximate surface area is 164 Å². The van der Waals surface area contributed by atoms with Crippen molar-refractivity contribution in [2.45, 2.75) is 64.6 Å². The van der Waals surface area contributed by atoms with Gasteiger partial charge in [0.05, 0.1) is 0 Å². The molecular weight excluding hydrogens is 360 g/mol. The highest BCUT2D eigenvalue weighted by molar-refractivity contribution is 5.87. The number of benzene rings is 1. The summed E-state index contributed by atoms with van der Waals surface area (Å²) < 4.78 is 10.8. The third-order valence-electron chi connectivity index (χ3n) is 7.09. The van der Waals surface area contributed by atoms with Gasteiger partial charge in [-0.2, -0.15) is 0 Å². The zero-order valence-electron chi connectivity index (χ0n) is 16.5. The molecule has 3 aliphatic rings. The van der Waals surface area contributed by atoms with Crippen molar-refractivity contribution in [3.63, 3.8) is 0 Å². The zero-order valence-corrected chi connectivity index (χ0v) is 16.5. The predicted molar refractivity (Wildman–Crippen MR) is 99.5 cm³/mol. The quantitative estimate of drug-likeness (QED) is 0.621. The number of aryl methyl sites for hydroxylation is 1. The summed E-state index contributed by atoms with van der Waals surface area (Å²) in [6.07, 6.45) is 2.23. The number of rotatable bonds is 2. The Kier molecular flexibility index (Phi) is 4.38. The van der Waals surface area contributed by atoms with E-state index >= 15 is 0 Å². The number of ether oxygens (including phenoxy) is 2. The lowest BCUT2D eigenvalue weighted by atomic mass is 9.52. The molecule has 5 atom stereocenters. The molecule has 1 aromatic rings. The van der Waals surface area contributed by atoms with E-state index in [9.17, 15) is 19.5 Å². The molecule has 0 spiro atoms. The third-order valence-corrected chi connectivity index (χ3v) is 7.09. The number of esters is 2. The smallest absolute Gasteiger partial charge is 0.308 e. The van der Waals surface area contributed by atoms with Crippen molar-refractivity contribution in [3.8, 4) is 5.75 Å². The summed E-state index contributed by atoms with van der Waals surface area (Å²) in [4.78, 5) is 35.8. The van der Waals surface area contributed by atoms with E-state index in [1.54, 1.807) is 18.2 Å². The second-order valence-corrected chi connectivity index (χ2v) is 8.67. The molecule has 2 saturated carbocycles. The van der Waals surface area contributed by atoms with Crippen LogP contribution in [0.1, 0.15) is 57.6 Å². The number of aliphatic hydroxyl groups is 1. The summed E-state index contributed by atoms with van der Waals surface area (Å²) in [6, 6.07) is 5.22. The van der Waals surface area contributed by atoms with E-state index < -0.39 is 29.1 Å². The van der Waals surface area contributed by atoms with Crippen LogP contribution in [0.4, 0.5) is 0 Å². The molecule has 0 saturated heterocycles. The van der Waals surface area contributed by atoms with Crippen LogP contribution in [0.15, 0.2) is 18.2 Å². The number of hydrogen-bond acceptors (Lipinski definition) is 6. The van der Waals surface area contributed by atoms with Crippen molar-refractivity contribution in [1.29, 1.82) is 0 Å². The molecule has 4 rings (SSSR count). The third kappa shape index (κ3) is 2.69. The molecule has 6 nitrogen and oxygen atoms in total. The van der Waals surface area contributed by atoms with E-state index in [1.165, 1.54) is 13.8 Å². The van der Waals surface area contributed by atoms with Crippen LogP contribution in [0.5, 0.6) is 5.75 Å². The average molecular weight is 386 g/mol. The Morgan fingerprint density at radius 2 is 1.82 bits per heavy atom. The molecule has 2 fully saturated rings. The number of carbonyl (C=O) groups is 3. The molecule has 150 valence electrons. The molecule has 28 heavy (non-hydrogen) atoms. The van der Waals surface area contributed by atoms with Crippen molar-refractivity contribution in [3.05, 3.63) is 29.3 Å². The standard InChI is InChI=1S/C22H26O6/c1-12(23)27-15-5-7-16-14(10-15)4-6-18-17-8-9-19(25)21(17,3)11-20(22(16,18)26)28-13(2)24/h5,7,10,17-18,20,26H,4,6,8-9,11H2,1-3H3/t17-,18-,20+,21+,22-/m0/s1. The molecular formula is C22H26O6. The first kappa shape index (κ1) is 19.1. The van der Waals surface area contributed by atoms with Crippen molar-refractivity contribution in [2.75, 3.05) is 0 Å². The lowest BCUT2D eigenvalue weighted by molar-refractivity contribution is -0.214. The minimum absolute atomic E-state index is 0.0677. The highest BCUT2D eigenvalue weighted by atomic mass is 16.6. The first-order chi connectivity index (χ1) is 13.2. The van der Waals surface area contributed by atoms with Crippen molar-refractivity contribution >= 4 is 17.7 Å². The maximum absolute atomic E-state index is 12.7. The Morgan fingerprint density at radius 1 is 1.11 bits per heavy atom. The largest absolute Gasteiger partial charge is 0.459 e. The Morgan fingerprint density at radius 3 is 2.50 bits per heavy atom. The normalized spacial score (nSPS) is 36.1. The minimum atomic E-state index is -1.34. The summed E-state index contributed by atoms with van der Waals surface area (Å²) in [5.41, 5.74) is -0.301. The van der Waals surface area contributed by atoms with Crippen molar-refractivity contribution in [2.24, 2.45) is 17.3 Å². The molecule has 0 aliphatic heterocycles. The van der Waals surface area contributed by atoms with Crippen LogP contribution in [0.3, 0.4) is 0 Å². The molecule has 6 heteroatoms. The SMILES string of the molecule is CC(=O)Oc1ccc2c(c1)CC[C@H]1[C@@H]3CCC(=O)[C@]3(C)C[C@@H](OC(C)=O)[C@]21O. The van der Waals surface area contributed by atoms with Gasteiger partial charge in [-0.1, -0.05) is 13.0 Å². The zero-order chi connectivity index (χ0) is 20.3. The molecule has 0 amide bonds. The maximum Gasteiger partial charge on any atom is 0.308 e. The predicted octanol–water partition coefficient (Wildman–Crippen LogP) is 2.68. The second kappa shape index (κ2) is 6.41. The first-order valence-corrected chi connectivity index (χ1v) is 9.91. The monoisotopic (exact) mass is 386 g/mol. The van der Waals surface area contributed by atoms with Gasteiger partial charge in [0.15, 0.2) is 0 Å². The van der Waals surface area contributed by atoms with Gasteiger partial charge >= 0.3 is 11.9 Å². The molecule has 0 aromatic heterocycles. The molecule has 0 radical (unpaired) electrons. The molecule has 1 N–H and O–H groups in total. The van der Waals surface area contributed by atoms with Gasteiger partial charge in [0.2, 0.25) is 0 Å². The fraction of sp³-hybridized carbons (Fsp3) is 0.591.